The average Bonchev–Trinajstić information content (AvgIpc) is 1.98. The molecule has 0 aliphatic heterocycles. The monoisotopic (exact) mass is 185 g/mol. The fourth-order valence-electron chi connectivity index (χ4n) is 1.38. The van der Waals surface area contributed by atoms with Crippen molar-refractivity contribution >= 4 is 11.8 Å². The van der Waals surface area contributed by atoms with Crippen LogP contribution in [0.3, 0.4) is 0 Å². The van der Waals surface area contributed by atoms with E-state index in [1.54, 1.807) is 0 Å². The van der Waals surface area contributed by atoms with E-state index in [1.165, 1.54) is 0 Å². The standard InChI is InChI=1S/C8H15N3O2/c9-6(12)5-11-7(13)4-8(10)2-1-3-8/h1-5,10H2,(H2,9,12)(H,11,13). The Bertz CT molecular complexity index is 223. The van der Waals surface area contributed by atoms with Crippen LogP contribution in [0.15, 0.2) is 0 Å². The number of carbonyl (C=O) groups excluding carboxylic acids is 2. The van der Waals surface area contributed by atoms with Crippen LogP contribution in [-0.2, 0) is 9.59 Å². The molecule has 0 bridgehead atoms. The molecule has 5 nitrogen and oxygen atoms in total. The SMILES string of the molecule is NC(=O)CNC(=O)CC1(N)CCC1. The first-order chi connectivity index (χ1) is 6.02. The van der Waals surface area contributed by atoms with Gasteiger partial charge in [0.1, 0.15) is 0 Å². The van der Waals surface area contributed by atoms with Crippen molar-refractivity contribution in [1.82, 2.24) is 5.32 Å². The molecule has 0 aromatic carbocycles. The Morgan fingerprint density at radius 1 is 1.38 bits per heavy atom. The second-order valence-corrected chi connectivity index (χ2v) is 3.64. The van der Waals surface area contributed by atoms with Crippen molar-refractivity contribution in [2.24, 2.45) is 11.5 Å². The number of nitrogens with one attached hydrogen (secondary N) is 1. The highest BCUT2D eigenvalue weighted by molar-refractivity contribution is 5.84. The van der Waals surface area contributed by atoms with Crippen molar-refractivity contribution < 1.29 is 9.59 Å². The van der Waals surface area contributed by atoms with Crippen LogP contribution in [0.2, 0.25) is 0 Å². The summed E-state index contributed by atoms with van der Waals surface area (Å²) in [5.74, 6) is -0.728. The van der Waals surface area contributed by atoms with Crippen molar-refractivity contribution in [2.45, 2.75) is 31.2 Å². The summed E-state index contributed by atoms with van der Waals surface area (Å²) in [4.78, 5) is 21.5. The fraction of sp³-hybridized carbons (Fsp3) is 0.750. The van der Waals surface area contributed by atoms with Crippen LogP contribution >= 0.6 is 0 Å². The van der Waals surface area contributed by atoms with Crippen molar-refractivity contribution in [3.8, 4) is 0 Å². The maximum absolute atomic E-state index is 11.2. The maximum Gasteiger partial charge on any atom is 0.236 e. The van der Waals surface area contributed by atoms with Crippen LogP contribution in [0.25, 0.3) is 0 Å². The van der Waals surface area contributed by atoms with E-state index in [4.69, 9.17) is 11.5 Å². The van der Waals surface area contributed by atoms with Gasteiger partial charge in [0, 0.05) is 12.0 Å². The minimum atomic E-state index is -0.534. The van der Waals surface area contributed by atoms with Gasteiger partial charge >= 0.3 is 0 Å². The molecular weight excluding hydrogens is 170 g/mol. The first kappa shape index (κ1) is 9.98. The third-order valence-electron chi connectivity index (χ3n) is 2.32. The predicted octanol–water partition coefficient (Wildman–Crippen LogP) is -1.14. The molecule has 74 valence electrons. The summed E-state index contributed by atoms with van der Waals surface area (Å²) in [6, 6.07) is 0. The van der Waals surface area contributed by atoms with Crippen molar-refractivity contribution in [1.29, 1.82) is 0 Å². The van der Waals surface area contributed by atoms with Crippen LogP contribution in [0.1, 0.15) is 25.7 Å². The van der Waals surface area contributed by atoms with E-state index in [-0.39, 0.29) is 18.0 Å². The Balaban J connectivity index is 2.21. The summed E-state index contributed by atoms with van der Waals surface area (Å²) in [5, 5.41) is 2.41. The average molecular weight is 185 g/mol. The molecule has 1 aliphatic carbocycles. The molecular formula is C8H15N3O2. The molecule has 0 spiro atoms. The largest absolute Gasteiger partial charge is 0.368 e. The fourth-order valence-corrected chi connectivity index (χ4v) is 1.38. The van der Waals surface area contributed by atoms with Gasteiger partial charge in [-0.05, 0) is 19.3 Å². The molecule has 0 radical (unpaired) electrons. The molecule has 0 unspecified atom stereocenters. The summed E-state index contributed by atoms with van der Waals surface area (Å²) in [6.45, 7) is -0.102. The molecule has 1 rings (SSSR count). The summed E-state index contributed by atoms with van der Waals surface area (Å²) < 4.78 is 0. The molecule has 5 N–H and O–H groups in total. The molecule has 13 heavy (non-hydrogen) atoms. The van der Waals surface area contributed by atoms with E-state index in [0.29, 0.717) is 6.42 Å². The zero-order chi connectivity index (χ0) is 9.90. The summed E-state index contributed by atoms with van der Waals surface area (Å²) in [5.41, 5.74) is 10.4. The number of amides is 2. The molecule has 0 heterocycles. The highest BCUT2D eigenvalue weighted by Crippen LogP contribution is 2.31. The summed E-state index contributed by atoms with van der Waals surface area (Å²) in [6.07, 6.45) is 3.15. The lowest BCUT2D eigenvalue weighted by molar-refractivity contribution is -0.126. The van der Waals surface area contributed by atoms with Crippen LogP contribution < -0.4 is 16.8 Å². The molecule has 0 aromatic rings. The minimum Gasteiger partial charge on any atom is -0.368 e. The van der Waals surface area contributed by atoms with Crippen LogP contribution in [0.5, 0.6) is 0 Å². The summed E-state index contributed by atoms with van der Waals surface area (Å²) in [7, 11) is 0. The molecule has 0 aromatic heterocycles. The van der Waals surface area contributed by atoms with Gasteiger partial charge in [0.2, 0.25) is 11.8 Å². The van der Waals surface area contributed by atoms with Crippen molar-refractivity contribution in [3.05, 3.63) is 0 Å². The Kier molecular flexibility index (Phi) is 2.87. The van der Waals surface area contributed by atoms with Gasteiger partial charge in [-0.25, -0.2) is 0 Å². The third kappa shape index (κ3) is 3.02. The molecule has 0 saturated heterocycles. The number of rotatable bonds is 4. The van der Waals surface area contributed by atoms with Crippen molar-refractivity contribution in [3.63, 3.8) is 0 Å². The topological polar surface area (TPSA) is 98.2 Å². The highest BCUT2D eigenvalue weighted by atomic mass is 16.2. The van der Waals surface area contributed by atoms with Gasteiger partial charge in [0.25, 0.3) is 0 Å². The Labute approximate surface area is 76.8 Å². The first-order valence-corrected chi connectivity index (χ1v) is 4.36. The first-order valence-electron chi connectivity index (χ1n) is 4.36. The lowest BCUT2D eigenvalue weighted by Crippen LogP contribution is -2.50. The quantitative estimate of drug-likeness (QED) is 0.516. The van der Waals surface area contributed by atoms with E-state index in [2.05, 4.69) is 5.32 Å². The molecule has 2 amide bonds. The van der Waals surface area contributed by atoms with Crippen LogP contribution in [0, 0.1) is 0 Å². The Morgan fingerprint density at radius 2 is 2.00 bits per heavy atom. The number of nitrogens with two attached hydrogens (primary N) is 2. The van der Waals surface area contributed by atoms with Crippen LogP contribution in [0.4, 0.5) is 0 Å². The number of hydrogen-bond donors (Lipinski definition) is 3. The summed E-state index contributed by atoms with van der Waals surface area (Å²) >= 11 is 0. The lowest BCUT2D eigenvalue weighted by Gasteiger charge is -2.37. The molecule has 0 atom stereocenters. The molecule has 5 heteroatoms. The zero-order valence-corrected chi connectivity index (χ0v) is 7.51. The third-order valence-corrected chi connectivity index (χ3v) is 2.32. The Morgan fingerprint density at radius 3 is 2.38 bits per heavy atom. The normalized spacial score (nSPS) is 18.8. The molecule has 1 fully saturated rings. The second kappa shape index (κ2) is 3.74. The highest BCUT2D eigenvalue weighted by Gasteiger charge is 2.34. The number of hydrogen-bond acceptors (Lipinski definition) is 3. The van der Waals surface area contributed by atoms with Gasteiger partial charge in [0.05, 0.1) is 6.54 Å². The Hall–Kier alpha value is -1.10. The zero-order valence-electron chi connectivity index (χ0n) is 7.51. The smallest absolute Gasteiger partial charge is 0.236 e. The van der Waals surface area contributed by atoms with Gasteiger partial charge in [-0.2, -0.15) is 0 Å². The van der Waals surface area contributed by atoms with Gasteiger partial charge in [-0.15, -0.1) is 0 Å². The van der Waals surface area contributed by atoms with E-state index in [9.17, 15) is 9.59 Å². The van der Waals surface area contributed by atoms with E-state index in [1.807, 2.05) is 0 Å². The predicted molar refractivity (Wildman–Crippen MR) is 47.6 cm³/mol. The second-order valence-electron chi connectivity index (χ2n) is 3.64. The number of carbonyl (C=O) groups is 2. The minimum absolute atomic E-state index is 0.102. The van der Waals surface area contributed by atoms with Gasteiger partial charge in [-0.1, -0.05) is 0 Å². The van der Waals surface area contributed by atoms with Gasteiger partial charge < -0.3 is 16.8 Å². The van der Waals surface area contributed by atoms with Crippen LogP contribution in [-0.4, -0.2) is 23.9 Å². The molecule has 1 aliphatic rings. The molecule has 1 saturated carbocycles. The van der Waals surface area contributed by atoms with Gasteiger partial charge in [0.15, 0.2) is 0 Å². The van der Waals surface area contributed by atoms with E-state index >= 15 is 0 Å². The van der Waals surface area contributed by atoms with Crippen molar-refractivity contribution in [2.75, 3.05) is 6.54 Å². The van der Waals surface area contributed by atoms with Gasteiger partial charge in [-0.3, -0.25) is 9.59 Å². The van der Waals surface area contributed by atoms with E-state index < -0.39 is 5.91 Å². The number of primary amides is 1. The maximum atomic E-state index is 11.2. The lowest BCUT2D eigenvalue weighted by atomic mass is 9.75. The van der Waals surface area contributed by atoms with E-state index in [0.717, 1.165) is 19.3 Å².